The van der Waals surface area contributed by atoms with E-state index in [-0.39, 0.29) is 17.7 Å². The Hall–Kier alpha value is -2.04. The van der Waals surface area contributed by atoms with Crippen LogP contribution in [0.1, 0.15) is 43.0 Å². The Labute approximate surface area is 138 Å². The Morgan fingerprint density at radius 2 is 2.04 bits per heavy atom. The number of rotatable bonds is 6. The summed E-state index contributed by atoms with van der Waals surface area (Å²) in [7, 11) is 1.59. The van der Waals surface area contributed by atoms with Crippen molar-refractivity contribution < 1.29 is 14.3 Å². The van der Waals surface area contributed by atoms with Gasteiger partial charge in [0.1, 0.15) is 5.75 Å². The highest BCUT2D eigenvalue weighted by Crippen LogP contribution is 2.21. The van der Waals surface area contributed by atoms with Crippen LogP contribution in [-0.2, 0) is 4.79 Å². The summed E-state index contributed by atoms with van der Waals surface area (Å²) in [6.07, 6.45) is 3.55. The summed E-state index contributed by atoms with van der Waals surface area (Å²) < 4.78 is 5.16. The number of unbranched alkanes of at least 4 members (excludes halogenated alkanes) is 1. The molecule has 2 amide bonds. The lowest BCUT2D eigenvalue weighted by Gasteiger charge is -2.31. The van der Waals surface area contributed by atoms with Gasteiger partial charge in [0.25, 0.3) is 5.91 Å². The van der Waals surface area contributed by atoms with Crippen molar-refractivity contribution >= 4 is 11.8 Å². The van der Waals surface area contributed by atoms with Crippen molar-refractivity contribution in [1.29, 1.82) is 0 Å². The maximum Gasteiger partial charge on any atom is 0.253 e. The average molecular weight is 318 g/mol. The standard InChI is InChI=1S/C18H26N2O3/c1-3-4-10-19-17(21)14-8-11-20(12-9-14)18(22)15-6-5-7-16(13-15)23-2/h5-7,13-14H,3-4,8-12H2,1-2H3,(H,19,21). The molecule has 1 saturated heterocycles. The van der Waals surface area contributed by atoms with Crippen molar-refractivity contribution in [3.63, 3.8) is 0 Å². The summed E-state index contributed by atoms with van der Waals surface area (Å²) in [6, 6.07) is 7.20. The number of hydrogen-bond acceptors (Lipinski definition) is 3. The zero-order chi connectivity index (χ0) is 16.7. The maximum atomic E-state index is 12.5. The van der Waals surface area contributed by atoms with Crippen LogP contribution in [0.3, 0.4) is 0 Å². The van der Waals surface area contributed by atoms with E-state index in [0.29, 0.717) is 24.4 Å². The Morgan fingerprint density at radius 1 is 1.30 bits per heavy atom. The number of hydrogen-bond donors (Lipinski definition) is 1. The molecule has 1 aromatic carbocycles. The summed E-state index contributed by atoms with van der Waals surface area (Å²) in [5.41, 5.74) is 0.634. The van der Waals surface area contributed by atoms with E-state index >= 15 is 0 Å². The fourth-order valence-corrected chi connectivity index (χ4v) is 2.82. The number of carbonyl (C=O) groups excluding carboxylic acids is 2. The highest BCUT2D eigenvalue weighted by atomic mass is 16.5. The number of piperidine rings is 1. The van der Waals surface area contributed by atoms with Gasteiger partial charge in [-0.3, -0.25) is 9.59 Å². The second-order valence-corrected chi connectivity index (χ2v) is 5.94. The first kappa shape index (κ1) is 17.3. The van der Waals surface area contributed by atoms with Gasteiger partial charge in [-0.15, -0.1) is 0 Å². The van der Waals surface area contributed by atoms with E-state index < -0.39 is 0 Å². The highest BCUT2D eigenvalue weighted by molar-refractivity contribution is 5.94. The molecule has 1 aliphatic rings. The van der Waals surface area contributed by atoms with Gasteiger partial charge in [0.2, 0.25) is 5.91 Å². The SMILES string of the molecule is CCCCNC(=O)C1CCN(C(=O)c2cccc(OC)c2)CC1. The van der Waals surface area contributed by atoms with E-state index in [2.05, 4.69) is 12.2 Å². The summed E-state index contributed by atoms with van der Waals surface area (Å²) in [6.45, 7) is 4.11. The molecule has 0 aromatic heterocycles. The summed E-state index contributed by atoms with van der Waals surface area (Å²) in [4.78, 5) is 26.4. The van der Waals surface area contributed by atoms with Gasteiger partial charge >= 0.3 is 0 Å². The summed E-state index contributed by atoms with van der Waals surface area (Å²) >= 11 is 0. The van der Waals surface area contributed by atoms with Crippen molar-refractivity contribution in [1.82, 2.24) is 10.2 Å². The molecule has 1 aliphatic heterocycles. The normalized spacial score (nSPS) is 15.3. The molecule has 0 atom stereocenters. The van der Waals surface area contributed by atoms with Crippen molar-refractivity contribution in [3.05, 3.63) is 29.8 Å². The van der Waals surface area contributed by atoms with Crippen molar-refractivity contribution in [2.75, 3.05) is 26.7 Å². The lowest BCUT2D eigenvalue weighted by atomic mass is 9.95. The van der Waals surface area contributed by atoms with E-state index in [1.165, 1.54) is 0 Å². The molecule has 23 heavy (non-hydrogen) atoms. The highest BCUT2D eigenvalue weighted by Gasteiger charge is 2.27. The number of ether oxygens (including phenoxy) is 1. The van der Waals surface area contributed by atoms with Gasteiger partial charge in [-0.25, -0.2) is 0 Å². The molecule has 1 aromatic rings. The van der Waals surface area contributed by atoms with Crippen LogP contribution in [-0.4, -0.2) is 43.5 Å². The van der Waals surface area contributed by atoms with Crippen LogP contribution in [0.4, 0.5) is 0 Å². The first-order valence-electron chi connectivity index (χ1n) is 8.36. The minimum atomic E-state index is 0.00809. The van der Waals surface area contributed by atoms with E-state index in [1.54, 1.807) is 19.2 Å². The monoisotopic (exact) mass is 318 g/mol. The molecular weight excluding hydrogens is 292 g/mol. The number of methoxy groups -OCH3 is 1. The van der Waals surface area contributed by atoms with Gasteiger partial charge in [0, 0.05) is 31.1 Å². The zero-order valence-electron chi connectivity index (χ0n) is 14.0. The molecule has 0 aliphatic carbocycles. The average Bonchev–Trinajstić information content (AvgIpc) is 2.61. The number of benzene rings is 1. The molecule has 0 radical (unpaired) electrons. The molecule has 0 unspecified atom stereocenters. The smallest absolute Gasteiger partial charge is 0.253 e. The largest absolute Gasteiger partial charge is 0.497 e. The Bertz CT molecular complexity index is 537. The Kier molecular flexibility index (Phi) is 6.44. The second kappa shape index (κ2) is 8.56. The maximum absolute atomic E-state index is 12.5. The third kappa shape index (κ3) is 4.71. The molecule has 0 spiro atoms. The number of nitrogens with one attached hydrogen (secondary N) is 1. The van der Waals surface area contributed by atoms with E-state index in [1.807, 2.05) is 17.0 Å². The molecular formula is C18H26N2O3. The van der Waals surface area contributed by atoms with Crippen LogP contribution in [0.15, 0.2) is 24.3 Å². The molecule has 126 valence electrons. The summed E-state index contributed by atoms with van der Waals surface area (Å²) in [5.74, 6) is 0.850. The van der Waals surface area contributed by atoms with Gasteiger partial charge in [-0.05, 0) is 37.5 Å². The quantitative estimate of drug-likeness (QED) is 0.820. The van der Waals surface area contributed by atoms with Gasteiger partial charge in [-0.1, -0.05) is 19.4 Å². The van der Waals surface area contributed by atoms with Crippen LogP contribution in [0.5, 0.6) is 5.75 Å². The third-order valence-corrected chi connectivity index (χ3v) is 4.30. The van der Waals surface area contributed by atoms with Crippen molar-refractivity contribution in [3.8, 4) is 5.75 Å². The Balaban J connectivity index is 1.86. The molecule has 5 heteroatoms. The lowest BCUT2D eigenvalue weighted by molar-refractivity contribution is -0.126. The van der Waals surface area contributed by atoms with Crippen LogP contribution in [0.25, 0.3) is 0 Å². The predicted octanol–water partition coefficient (Wildman–Crippen LogP) is 2.46. The number of likely N-dealkylation sites (tertiary alicyclic amines) is 1. The Morgan fingerprint density at radius 3 is 2.70 bits per heavy atom. The zero-order valence-corrected chi connectivity index (χ0v) is 14.0. The van der Waals surface area contributed by atoms with E-state index in [9.17, 15) is 9.59 Å². The van der Waals surface area contributed by atoms with Gasteiger partial charge in [0.15, 0.2) is 0 Å². The van der Waals surface area contributed by atoms with Gasteiger partial charge in [-0.2, -0.15) is 0 Å². The molecule has 2 rings (SSSR count). The second-order valence-electron chi connectivity index (χ2n) is 5.94. The minimum absolute atomic E-state index is 0.00809. The number of carbonyl (C=O) groups is 2. The van der Waals surface area contributed by atoms with Crippen molar-refractivity contribution in [2.24, 2.45) is 5.92 Å². The molecule has 1 N–H and O–H groups in total. The minimum Gasteiger partial charge on any atom is -0.497 e. The van der Waals surface area contributed by atoms with Crippen LogP contribution < -0.4 is 10.1 Å². The van der Waals surface area contributed by atoms with Crippen LogP contribution >= 0.6 is 0 Å². The lowest BCUT2D eigenvalue weighted by Crippen LogP contribution is -2.43. The molecule has 1 fully saturated rings. The van der Waals surface area contributed by atoms with E-state index in [4.69, 9.17) is 4.74 Å². The third-order valence-electron chi connectivity index (χ3n) is 4.30. The fourth-order valence-electron chi connectivity index (χ4n) is 2.82. The number of amides is 2. The van der Waals surface area contributed by atoms with Crippen LogP contribution in [0, 0.1) is 5.92 Å². The van der Waals surface area contributed by atoms with Crippen molar-refractivity contribution in [2.45, 2.75) is 32.6 Å². The van der Waals surface area contributed by atoms with Gasteiger partial charge in [0.05, 0.1) is 7.11 Å². The predicted molar refractivity (Wildman–Crippen MR) is 89.5 cm³/mol. The first-order chi connectivity index (χ1) is 11.2. The van der Waals surface area contributed by atoms with Crippen LogP contribution in [0.2, 0.25) is 0 Å². The molecule has 5 nitrogen and oxygen atoms in total. The molecule has 0 saturated carbocycles. The fraction of sp³-hybridized carbons (Fsp3) is 0.556. The van der Waals surface area contributed by atoms with E-state index in [0.717, 1.165) is 32.2 Å². The first-order valence-corrected chi connectivity index (χ1v) is 8.36. The molecule has 0 bridgehead atoms. The topological polar surface area (TPSA) is 58.6 Å². The van der Waals surface area contributed by atoms with Gasteiger partial charge < -0.3 is 15.0 Å². The molecule has 1 heterocycles. The number of nitrogens with zero attached hydrogens (tertiary/aromatic N) is 1. The summed E-state index contributed by atoms with van der Waals surface area (Å²) in [5, 5.41) is 2.99.